The zero-order valence-corrected chi connectivity index (χ0v) is 8.41. The van der Waals surface area contributed by atoms with E-state index in [1.807, 2.05) is 0 Å². The van der Waals surface area contributed by atoms with Gasteiger partial charge in [0, 0.05) is 5.56 Å². The number of rotatable bonds is 2. The molecule has 1 N–H and O–H groups in total. The van der Waals surface area contributed by atoms with Gasteiger partial charge in [-0.1, -0.05) is 0 Å². The molecule has 0 atom stereocenters. The number of alkyl halides is 3. The normalized spacial score (nSPS) is 11.3. The van der Waals surface area contributed by atoms with Gasteiger partial charge in [-0.2, -0.15) is 13.2 Å². The van der Waals surface area contributed by atoms with Crippen molar-refractivity contribution in [2.24, 2.45) is 0 Å². The molecule has 0 saturated carbocycles. The summed E-state index contributed by atoms with van der Waals surface area (Å²) < 4.78 is 37.4. The molecule has 0 heterocycles. The van der Waals surface area contributed by atoms with Crippen LogP contribution >= 0.6 is 0 Å². The first-order valence-corrected chi connectivity index (χ1v) is 4.24. The number of carboxylic acids is 1. The molecule has 0 saturated heterocycles. The average Bonchev–Trinajstić information content (AvgIpc) is 2.14. The van der Waals surface area contributed by atoms with Crippen molar-refractivity contribution in [2.75, 3.05) is 0 Å². The summed E-state index contributed by atoms with van der Waals surface area (Å²) in [7, 11) is 0. The van der Waals surface area contributed by atoms with Gasteiger partial charge in [-0.15, -0.1) is 0 Å². The Hall–Kier alpha value is -2.12. The first kappa shape index (κ1) is 12.9. The smallest absolute Gasteiger partial charge is 0.423 e. The third kappa shape index (κ3) is 2.35. The molecule has 1 aromatic carbocycles. The van der Waals surface area contributed by atoms with Crippen molar-refractivity contribution in [1.82, 2.24) is 0 Å². The molecule has 0 amide bonds. The Balaban J connectivity index is 3.63. The van der Waals surface area contributed by atoms with Crippen molar-refractivity contribution >= 4 is 11.7 Å². The number of halogens is 3. The molecular formula is C9H6F3NO4. The van der Waals surface area contributed by atoms with Crippen LogP contribution in [-0.2, 0) is 6.18 Å². The molecule has 92 valence electrons. The number of nitro groups is 1. The van der Waals surface area contributed by atoms with E-state index in [4.69, 9.17) is 5.11 Å². The third-order valence-corrected chi connectivity index (χ3v) is 2.15. The summed E-state index contributed by atoms with van der Waals surface area (Å²) in [6.45, 7) is 0.969. The molecule has 0 spiro atoms. The zero-order chi connectivity index (χ0) is 13.4. The number of carbonyl (C=O) groups is 1. The number of hydrogen-bond donors (Lipinski definition) is 1. The number of carboxylic acid groups (broad SMARTS) is 1. The average molecular weight is 249 g/mol. The van der Waals surface area contributed by atoms with Gasteiger partial charge in [0.2, 0.25) is 0 Å². The van der Waals surface area contributed by atoms with Crippen LogP contribution < -0.4 is 0 Å². The lowest BCUT2D eigenvalue weighted by Gasteiger charge is -2.10. The maximum Gasteiger partial charge on any atom is 0.423 e. The quantitative estimate of drug-likeness (QED) is 0.645. The van der Waals surface area contributed by atoms with Gasteiger partial charge in [0.1, 0.15) is 5.56 Å². The summed E-state index contributed by atoms with van der Waals surface area (Å²) in [6, 6.07) is 1.10. The molecule has 0 bridgehead atoms. The molecule has 5 nitrogen and oxygen atoms in total. The Bertz CT molecular complexity index is 496. The van der Waals surface area contributed by atoms with Gasteiger partial charge < -0.3 is 5.11 Å². The monoisotopic (exact) mass is 249 g/mol. The van der Waals surface area contributed by atoms with Crippen molar-refractivity contribution in [3.63, 3.8) is 0 Å². The number of nitro benzene ring substituents is 1. The molecule has 0 aliphatic heterocycles. The highest BCUT2D eigenvalue weighted by atomic mass is 19.4. The standard InChI is InChI=1S/C9H6F3NO4/c1-4-5(8(14)15)2-3-6(9(10,11)12)7(4)13(16)17/h2-3H,1H3,(H,14,15). The van der Waals surface area contributed by atoms with Gasteiger partial charge in [-0.25, -0.2) is 4.79 Å². The summed E-state index contributed by atoms with van der Waals surface area (Å²) >= 11 is 0. The molecule has 0 aromatic heterocycles. The van der Waals surface area contributed by atoms with Crippen molar-refractivity contribution in [2.45, 2.75) is 13.1 Å². The molecule has 0 radical (unpaired) electrons. The largest absolute Gasteiger partial charge is 0.478 e. The number of hydrogen-bond acceptors (Lipinski definition) is 3. The highest BCUT2D eigenvalue weighted by molar-refractivity contribution is 5.91. The molecule has 1 rings (SSSR count). The minimum atomic E-state index is -4.90. The van der Waals surface area contributed by atoms with E-state index in [0.717, 1.165) is 6.92 Å². The summed E-state index contributed by atoms with van der Waals surface area (Å²) in [5, 5.41) is 19.2. The van der Waals surface area contributed by atoms with Crippen LogP contribution in [0.3, 0.4) is 0 Å². The molecule has 8 heteroatoms. The zero-order valence-electron chi connectivity index (χ0n) is 8.41. The lowest BCUT2D eigenvalue weighted by atomic mass is 10.0. The van der Waals surface area contributed by atoms with Crippen molar-refractivity contribution < 1.29 is 28.0 Å². The molecule has 0 unspecified atom stereocenters. The fourth-order valence-electron chi connectivity index (χ4n) is 1.40. The van der Waals surface area contributed by atoms with E-state index in [-0.39, 0.29) is 0 Å². The number of benzene rings is 1. The first-order valence-electron chi connectivity index (χ1n) is 4.24. The minimum Gasteiger partial charge on any atom is -0.478 e. The number of aromatic carboxylic acids is 1. The Labute approximate surface area is 92.6 Å². The molecule has 17 heavy (non-hydrogen) atoms. The van der Waals surface area contributed by atoms with Gasteiger partial charge in [0.15, 0.2) is 0 Å². The summed E-state index contributed by atoms with van der Waals surface area (Å²) in [5.41, 5.74) is -3.72. The predicted molar refractivity (Wildman–Crippen MR) is 49.8 cm³/mol. The van der Waals surface area contributed by atoms with E-state index < -0.39 is 39.4 Å². The topological polar surface area (TPSA) is 80.4 Å². The fourth-order valence-corrected chi connectivity index (χ4v) is 1.40. The third-order valence-electron chi connectivity index (χ3n) is 2.15. The lowest BCUT2D eigenvalue weighted by molar-refractivity contribution is -0.388. The van der Waals surface area contributed by atoms with Crippen molar-refractivity contribution in [1.29, 1.82) is 0 Å². The van der Waals surface area contributed by atoms with Crippen molar-refractivity contribution in [3.8, 4) is 0 Å². The Morgan fingerprint density at radius 3 is 2.29 bits per heavy atom. The Kier molecular flexibility index (Phi) is 3.08. The van der Waals surface area contributed by atoms with E-state index in [2.05, 4.69) is 0 Å². The van der Waals surface area contributed by atoms with Gasteiger partial charge >= 0.3 is 12.1 Å². The maximum absolute atomic E-state index is 12.5. The van der Waals surface area contributed by atoms with Crippen LogP contribution in [0.1, 0.15) is 21.5 Å². The highest BCUT2D eigenvalue weighted by Crippen LogP contribution is 2.38. The van der Waals surface area contributed by atoms with Crippen molar-refractivity contribution in [3.05, 3.63) is 38.9 Å². The van der Waals surface area contributed by atoms with Crippen LogP contribution in [0.4, 0.5) is 18.9 Å². The molecular weight excluding hydrogens is 243 g/mol. The van der Waals surface area contributed by atoms with Crippen LogP contribution in [0.15, 0.2) is 12.1 Å². The lowest BCUT2D eigenvalue weighted by Crippen LogP contribution is -2.12. The molecule has 0 aliphatic rings. The summed E-state index contributed by atoms with van der Waals surface area (Å²) in [5.74, 6) is -1.51. The minimum absolute atomic E-state index is 0.397. The van der Waals surface area contributed by atoms with Crippen LogP contribution in [0.2, 0.25) is 0 Å². The van der Waals surface area contributed by atoms with E-state index in [0.29, 0.717) is 12.1 Å². The van der Waals surface area contributed by atoms with Gasteiger partial charge in [0.25, 0.3) is 5.69 Å². The fraction of sp³-hybridized carbons (Fsp3) is 0.222. The van der Waals surface area contributed by atoms with E-state index >= 15 is 0 Å². The van der Waals surface area contributed by atoms with E-state index in [9.17, 15) is 28.1 Å². The molecule has 0 fully saturated rings. The van der Waals surface area contributed by atoms with Crippen LogP contribution in [0, 0.1) is 17.0 Å². The Morgan fingerprint density at radius 2 is 1.94 bits per heavy atom. The summed E-state index contributed by atoms with van der Waals surface area (Å²) in [6.07, 6.45) is -4.90. The van der Waals surface area contributed by atoms with E-state index in [1.54, 1.807) is 0 Å². The molecule has 0 aliphatic carbocycles. The Morgan fingerprint density at radius 1 is 1.41 bits per heavy atom. The SMILES string of the molecule is Cc1c(C(=O)O)ccc(C(F)(F)F)c1[N+](=O)[O-]. The maximum atomic E-state index is 12.5. The second-order valence-corrected chi connectivity index (χ2v) is 3.19. The first-order chi connectivity index (χ1) is 7.66. The van der Waals surface area contributed by atoms with Gasteiger partial charge in [-0.05, 0) is 19.1 Å². The van der Waals surface area contributed by atoms with Gasteiger partial charge in [0.05, 0.1) is 10.5 Å². The predicted octanol–water partition coefficient (Wildman–Crippen LogP) is 2.62. The van der Waals surface area contributed by atoms with Crippen LogP contribution in [-0.4, -0.2) is 16.0 Å². The summed E-state index contributed by atoms with van der Waals surface area (Å²) in [4.78, 5) is 20.0. The second-order valence-electron chi connectivity index (χ2n) is 3.19. The van der Waals surface area contributed by atoms with E-state index in [1.165, 1.54) is 0 Å². The van der Waals surface area contributed by atoms with Crippen LogP contribution in [0.5, 0.6) is 0 Å². The molecule has 1 aromatic rings. The second kappa shape index (κ2) is 4.04. The van der Waals surface area contributed by atoms with Gasteiger partial charge in [-0.3, -0.25) is 10.1 Å². The number of nitrogens with zero attached hydrogens (tertiary/aromatic N) is 1. The van der Waals surface area contributed by atoms with Crippen LogP contribution in [0.25, 0.3) is 0 Å². The highest BCUT2D eigenvalue weighted by Gasteiger charge is 2.40.